The highest BCUT2D eigenvalue weighted by Crippen LogP contribution is 2.20. The molecule has 0 N–H and O–H groups in total. The molecule has 1 aliphatic heterocycles. The molecule has 29 heavy (non-hydrogen) atoms. The molecule has 150 valence electrons. The lowest BCUT2D eigenvalue weighted by molar-refractivity contribution is 0.194. The first-order chi connectivity index (χ1) is 14.2. The summed E-state index contributed by atoms with van der Waals surface area (Å²) in [5, 5.41) is 4.74. The van der Waals surface area contributed by atoms with Crippen molar-refractivity contribution in [2.75, 3.05) is 31.1 Å². The second kappa shape index (κ2) is 8.67. The number of aromatic nitrogens is 4. The molecule has 2 aromatic heterocycles. The lowest BCUT2D eigenvalue weighted by atomic mass is 10.2. The van der Waals surface area contributed by atoms with E-state index in [2.05, 4.69) is 21.4 Å². The van der Waals surface area contributed by atoms with E-state index >= 15 is 0 Å². The fourth-order valence-electron chi connectivity index (χ4n) is 3.49. The van der Waals surface area contributed by atoms with Crippen LogP contribution in [0.3, 0.4) is 0 Å². The highest BCUT2D eigenvalue weighted by Gasteiger charge is 2.20. The van der Waals surface area contributed by atoms with Gasteiger partial charge in [-0.2, -0.15) is 5.10 Å². The SMILES string of the molecule is C=CCn1c(-c2ccc(F)cc2)nn(CN2CCN(c3ccccn3)CC2)c1=S. The molecule has 1 saturated heterocycles. The van der Waals surface area contributed by atoms with Crippen molar-refractivity contribution >= 4 is 18.0 Å². The summed E-state index contributed by atoms with van der Waals surface area (Å²) in [5.74, 6) is 1.47. The maximum Gasteiger partial charge on any atom is 0.199 e. The Morgan fingerprint density at radius 1 is 1.07 bits per heavy atom. The van der Waals surface area contributed by atoms with Gasteiger partial charge in [-0.25, -0.2) is 14.1 Å². The van der Waals surface area contributed by atoms with Crippen LogP contribution in [0.1, 0.15) is 0 Å². The van der Waals surface area contributed by atoms with E-state index in [9.17, 15) is 4.39 Å². The lowest BCUT2D eigenvalue weighted by Gasteiger charge is -2.35. The molecule has 6 nitrogen and oxygen atoms in total. The molecule has 0 saturated carbocycles. The van der Waals surface area contributed by atoms with Crippen LogP contribution in [0.4, 0.5) is 10.2 Å². The van der Waals surface area contributed by atoms with Crippen LogP contribution in [0.25, 0.3) is 11.4 Å². The molecular formula is C21H23FN6S. The minimum atomic E-state index is -0.271. The van der Waals surface area contributed by atoms with Crippen molar-refractivity contribution < 1.29 is 4.39 Å². The number of rotatable bonds is 6. The van der Waals surface area contributed by atoms with Gasteiger partial charge >= 0.3 is 0 Å². The van der Waals surface area contributed by atoms with E-state index in [1.54, 1.807) is 18.2 Å². The van der Waals surface area contributed by atoms with Crippen molar-refractivity contribution in [3.8, 4) is 11.4 Å². The highest BCUT2D eigenvalue weighted by molar-refractivity contribution is 7.71. The monoisotopic (exact) mass is 410 g/mol. The first-order valence-corrected chi connectivity index (χ1v) is 9.99. The van der Waals surface area contributed by atoms with Gasteiger partial charge in [-0.3, -0.25) is 9.47 Å². The van der Waals surface area contributed by atoms with Gasteiger partial charge in [0.25, 0.3) is 0 Å². The molecule has 3 heterocycles. The maximum absolute atomic E-state index is 13.3. The van der Waals surface area contributed by atoms with Gasteiger partial charge in [-0.1, -0.05) is 12.1 Å². The van der Waals surface area contributed by atoms with Crippen molar-refractivity contribution in [1.82, 2.24) is 24.2 Å². The Balaban J connectivity index is 1.51. The van der Waals surface area contributed by atoms with Crippen LogP contribution < -0.4 is 4.90 Å². The van der Waals surface area contributed by atoms with Crippen LogP contribution in [0.15, 0.2) is 61.3 Å². The second-order valence-corrected chi connectivity index (χ2v) is 7.31. The third kappa shape index (κ3) is 4.28. The van der Waals surface area contributed by atoms with E-state index in [0.29, 0.717) is 18.0 Å². The van der Waals surface area contributed by atoms with E-state index in [4.69, 9.17) is 17.3 Å². The maximum atomic E-state index is 13.3. The molecule has 8 heteroatoms. The van der Waals surface area contributed by atoms with Gasteiger partial charge in [0, 0.05) is 44.5 Å². The fourth-order valence-corrected chi connectivity index (χ4v) is 3.75. The topological polar surface area (TPSA) is 42.1 Å². The molecule has 1 fully saturated rings. The number of anilines is 1. The predicted octanol–water partition coefficient (Wildman–Crippen LogP) is 3.58. The average Bonchev–Trinajstić information content (AvgIpc) is 3.06. The first-order valence-electron chi connectivity index (χ1n) is 9.58. The van der Waals surface area contributed by atoms with Crippen molar-refractivity contribution in [2.24, 2.45) is 0 Å². The molecule has 0 bridgehead atoms. The zero-order chi connectivity index (χ0) is 20.2. The number of hydrogen-bond donors (Lipinski definition) is 0. The summed E-state index contributed by atoms with van der Waals surface area (Å²) in [5.41, 5.74) is 0.832. The van der Waals surface area contributed by atoms with Crippen molar-refractivity contribution in [1.29, 1.82) is 0 Å². The number of piperazine rings is 1. The number of hydrogen-bond acceptors (Lipinski definition) is 5. The van der Waals surface area contributed by atoms with Gasteiger partial charge in [-0.15, -0.1) is 6.58 Å². The second-order valence-electron chi connectivity index (χ2n) is 6.95. The summed E-state index contributed by atoms with van der Waals surface area (Å²) >= 11 is 5.67. The van der Waals surface area contributed by atoms with E-state index in [0.717, 1.165) is 43.4 Å². The number of halogens is 1. The Morgan fingerprint density at radius 3 is 2.48 bits per heavy atom. The molecule has 0 atom stereocenters. The van der Waals surface area contributed by atoms with Crippen LogP contribution in [0, 0.1) is 10.6 Å². The number of nitrogens with zero attached hydrogens (tertiary/aromatic N) is 6. The zero-order valence-electron chi connectivity index (χ0n) is 16.1. The molecule has 0 radical (unpaired) electrons. The van der Waals surface area contributed by atoms with Gasteiger partial charge in [-0.05, 0) is 48.6 Å². The summed E-state index contributed by atoms with van der Waals surface area (Å²) in [6.07, 6.45) is 3.62. The Morgan fingerprint density at radius 2 is 1.83 bits per heavy atom. The van der Waals surface area contributed by atoms with Gasteiger partial charge in [0.15, 0.2) is 10.6 Å². The Kier molecular flexibility index (Phi) is 5.82. The average molecular weight is 411 g/mol. The van der Waals surface area contributed by atoms with E-state index < -0.39 is 0 Å². The van der Waals surface area contributed by atoms with Crippen LogP contribution in [-0.4, -0.2) is 50.4 Å². The third-order valence-corrected chi connectivity index (χ3v) is 5.45. The molecule has 4 rings (SSSR count). The molecular weight excluding hydrogens is 387 g/mol. The largest absolute Gasteiger partial charge is 0.354 e. The molecule has 0 unspecified atom stereocenters. The van der Waals surface area contributed by atoms with E-state index in [1.807, 2.05) is 33.6 Å². The normalized spacial score (nSPS) is 14.9. The number of allylic oxidation sites excluding steroid dienone is 1. The van der Waals surface area contributed by atoms with E-state index in [-0.39, 0.29) is 5.82 Å². The first kappa shape index (κ1) is 19.5. The van der Waals surface area contributed by atoms with Crippen LogP contribution >= 0.6 is 12.2 Å². The summed E-state index contributed by atoms with van der Waals surface area (Å²) in [6, 6.07) is 12.3. The van der Waals surface area contributed by atoms with Crippen LogP contribution in [0.5, 0.6) is 0 Å². The Bertz CT molecular complexity index is 1020. The fraction of sp³-hybridized carbons (Fsp3) is 0.286. The highest BCUT2D eigenvalue weighted by atomic mass is 32.1. The predicted molar refractivity (Wildman–Crippen MR) is 115 cm³/mol. The quantitative estimate of drug-likeness (QED) is 0.459. The summed E-state index contributed by atoms with van der Waals surface area (Å²) in [4.78, 5) is 9.05. The minimum Gasteiger partial charge on any atom is -0.354 e. The van der Waals surface area contributed by atoms with Gasteiger partial charge < -0.3 is 4.90 Å². The number of benzene rings is 1. The van der Waals surface area contributed by atoms with Crippen molar-refractivity contribution in [2.45, 2.75) is 13.2 Å². The van der Waals surface area contributed by atoms with Gasteiger partial charge in [0.05, 0.1) is 6.67 Å². The standard InChI is InChI=1S/C21H23FN6S/c1-2-11-27-20(17-6-8-18(22)9-7-17)24-28(21(27)29)16-25-12-14-26(15-13-25)19-5-3-4-10-23-19/h2-10H,1,11-16H2. The zero-order valence-corrected chi connectivity index (χ0v) is 16.9. The van der Waals surface area contributed by atoms with Crippen molar-refractivity contribution in [3.05, 3.63) is 71.9 Å². The molecule has 3 aromatic rings. The summed E-state index contributed by atoms with van der Waals surface area (Å²) < 4.78 is 17.7. The minimum absolute atomic E-state index is 0.271. The third-order valence-electron chi connectivity index (χ3n) is 5.02. The van der Waals surface area contributed by atoms with Gasteiger partial charge in [0.1, 0.15) is 11.6 Å². The number of pyridine rings is 1. The summed E-state index contributed by atoms with van der Waals surface area (Å²) in [6.45, 7) is 8.61. The Labute approximate surface area is 174 Å². The smallest absolute Gasteiger partial charge is 0.199 e. The van der Waals surface area contributed by atoms with E-state index in [1.165, 1.54) is 12.1 Å². The molecule has 1 aliphatic rings. The molecule has 0 amide bonds. The molecule has 0 spiro atoms. The Hall–Kier alpha value is -2.84. The molecule has 1 aromatic carbocycles. The van der Waals surface area contributed by atoms with Crippen LogP contribution in [-0.2, 0) is 13.2 Å². The van der Waals surface area contributed by atoms with Crippen LogP contribution in [0.2, 0.25) is 0 Å². The van der Waals surface area contributed by atoms with Gasteiger partial charge in [0.2, 0.25) is 0 Å². The lowest BCUT2D eigenvalue weighted by Crippen LogP contribution is -2.47. The van der Waals surface area contributed by atoms with Crippen molar-refractivity contribution in [3.63, 3.8) is 0 Å². The summed E-state index contributed by atoms with van der Waals surface area (Å²) in [7, 11) is 0. The molecule has 0 aliphatic carbocycles.